The van der Waals surface area contributed by atoms with Gasteiger partial charge >= 0.3 is 0 Å². The number of halogens is 1. The molecule has 3 nitrogen and oxygen atoms in total. The van der Waals surface area contributed by atoms with Gasteiger partial charge in [0, 0.05) is 21.4 Å². The Morgan fingerprint density at radius 3 is 2.85 bits per heavy atom. The average molecular weight is 239 g/mol. The summed E-state index contributed by atoms with van der Waals surface area (Å²) < 4.78 is 0.872. The van der Waals surface area contributed by atoms with Crippen molar-refractivity contribution < 1.29 is 5.11 Å². The summed E-state index contributed by atoms with van der Waals surface area (Å²) in [5.41, 5.74) is 5.65. The fourth-order valence-electron chi connectivity index (χ4n) is 1.22. The van der Waals surface area contributed by atoms with Crippen LogP contribution in [-0.2, 0) is 0 Å². The third-order valence-corrected chi connectivity index (χ3v) is 2.49. The van der Waals surface area contributed by atoms with E-state index < -0.39 is 0 Å². The van der Waals surface area contributed by atoms with Crippen LogP contribution in [0.3, 0.4) is 0 Å². The number of aromatic hydroxyl groups is 1. The zero-order chi connectivity index (χ0) is 9.42. The molecule has 1 heterocycles. The number of benzene rings is 1. The molecule has 0 unspecified atom stereocenters. The summed E-state index contributed by atoms with van der Waals surface area (Å²) in [6.45, 7) is 0. The van der Waals surface area contributed by atoms with E-state index in [4.69, 9.17) is 5.73 Å². The summed E-state index contributed by atoms with van der Waals surface area (Å²) in [6, 6.07) is 5.02. The first-order chi connectivity index (χ1) is 6.18. The van der Waals surface area contributed by atoms with E-state index in [2.05, 4.69) is 20.9 Å². The minimum Gasteiger partial charge on any atom is -0.508 e. The fourth-order valence-corrected chi connectivity index (χ4v) is 1.67. The van der Waals surface area contributed by atoms with E-state index in [1.165, 1.54) is 0 Å². The van der Waals surface area contributed by atoms with Gasteiger partial charge in [-0.15, -0.1) is 0 Å². The number of nitrogen functional groups attached to an aromatic ring is 1. The fraction of sp³-hybridized carbons (Fsp3) is 0. The molecule has 0 aliphatic heterocycles. The number of hydrogen-bond acceptors (Lipinski definition) is 3. The molecule has 0 fully saturated rings. The van der Waals surface area contributed by atoms with E-state index in [1.807, 2.05) is 0 Å². The summed E-state index contributed by atoms with van der Waals surface area (Å²) in [5.74, 6) is 0.619. The number of aromatic nitrogens is 1. The first-order valence-corrected chi connectivity index (χ1v) is 4.50. The third kappa shape index (κ3) is 1.33. The molecule has 0 spiro atoms. The maximum Gasteiger partial charge on any atom is 0.131 e. The Labute approximate surface area is 83.3 Å². The molecule has 2 aromatic rings. The highest BCUT2D eigenvalue weighted by Crippen LogP contribution is 2.29. The Kier molecular flexibility index (Phi) is 1.84. The molecule has 0 radical (unpaired) electrons. The Morgan fingerprint density at radius 2 is 2.08 bits per heavy atom. The van der Waals surface area contributed by atoms with E-state index >= 15 is 0 Å². The number of pyridine rings is 1. The molecule has 0 saturated carbocycles. The Balaban J connectivity index is 2.92. The van der Waals surface area contributed by atoms with Crippen molar-refractivity contribution in [1.29, 1.82) is 0 Å². The molecule has 1 aromatic carbocycles. The van der Waals surface area contributed by atoms with Crippen molar-refractivity contribution in [2.24, 2.45) is 0 Å². The van der Waals surface area contributed by atoms with Gasteiger partial charge in [-0.3, -0.25) is 0 Å². The molecule has 4 heteroatoms. The minimum absolute atomic E-state index is 0.194. The van der Waals surface area contributed by atoms with Crippen molar-refractivity contribution in [3.05, 3.63) is 28.9 Å². The van der Waals surface area contributed by atoms with Crippen LogP contribution in [0.25, 0.3) is 10.8 Å². The van der Waals surface area contributed by atoms with Gasteiger partial charge in [-0.25, -0.2) is 4.98 Å². The first-order valence-electron chi connectivity index (χ1n) is 3.71. The topological polar surface area (TPSA) is 59.1 Å². The molecule has 3 N–H and O–H groups in total. The van der Waals surface area contributed by atoms with Crippen LogP contribution in [-0.4, -0.2) is 10.1 Å². The predicted octanol–water partition coefficient (Wildman–Crippen LogP) is 2.29. The van der Waals surface area contributed by atoms with Crippen LogP contribution < -0.4 is 5.73 Å². The second-order valence-corrected chi connectivity index (χ2v) is 3.58. The lowest BCUT2D eigenvalue weighted by molar-refractivity contribution is 0.476. The first kappa shape index (κ1) is 8.31. The van der Waals surface area contributed by atoms with Crippen LogP contribution in [0.5, 0.6) is 5.75 Å². The lowest BCUT2D eigenvalue weighted by Gasteiger charge is -2.03. The summed E-state index contributed by atoms with van der Waals surface area (Å²) >= 11 is 3.36. The highest BCUT2D eigenvalue weighted by Gasteiger charge is 2.03. The quantitative estimate of drug-likeness (QED) is 0.741. The van der Waals surface area contributed by atoms with Crippen LogP contribution in [0.4, 0.5) is 5.82 Å². The van der Waals surface area contributed by atoms with Crippen LogP contribution in [0, 0.1) is 0 Å². The molecule has 13 heavy (non-hydrogen) atoms. The van der Waals surface area contributed by atoms with Gasteiger partial charge < -0.3 is 10.8 Å². The van der Waals surface area contributed by atoms with Crippen molar-refractivity contribution in [2.45, 2.75) is 0 Å². The highest BCUT2D eigenvalue weighted by atomic mass is 79.9. The van der Waals surface area contributed by atoms with Gasteiger partial charge in [0.25, 0.3) is 0 Å². The number of rotatable bonds is 0. The molecule has 0 amide bonds. The van der Waals surface area contributed by atoms with Gasteiger partial charge in [0.1, 0.15) is 11.6 Å². The van der Waals surface area contributed by atoms with Gasteiger partial charge in [-0.05, 0) is 34.1 Å². The number of phenolic OH excluding ortho intramolecular Hbond substituents is 1. The van der Waals surface area contributed by atoms with E-state index in [0.717, 1.165) is 15.2 Å². The highest BCUT2D eigenvalue weighted by molar-refractivity contribution is 9.10. The van der Waals surface area contributed by atoms with Gasteiger partial charge in [0.15, 0.2) is 0 Å². The molecular weight excluding hydrogens is 232 g/mol. The van der Waals surface area contributed by atoms with E-state index in [9.17, 15) is 5.11 Å². The second-order valence-electron chi connectivity index (χ2n) is 2.72. The molecule has 0 atom stereocenters. The SMILES string of the molecule is Nc1ncc(Br)c2ccc(O)cc12. The van der Waals surface area contributed by atoms with Crippen LogP contribution in [0.2, 0.25) is 0 Å². The largest absolute Gasteiger partial charge is 0.508 e. The minimum atomic E-state index is 0.194. The smallest absolute Gasteiger partial charge is 0.131 e. The Bertz CT molecular complexity index is 470. The number of phenols is 1. The Hall–Kier alpha value is -1.29. The zero-order valence-corrected chi connectivity index (χ0v) is 8.25. The van der Waals surface area contributed by atoms with Crippen molar-refractivity contribution in [3.63, 3.8) is 0 Å². The number of fused-ring (bicyclic) bond motifs is 1. The van der Waals surface area contributed by atoms with Crippen LogP contribution in [0.15, 0.2) is 28.9 Å². The number of nitrogens with two attached hydrogens (primary N) is 1. The molecule has 0 aliphatic carbocycles. The zero-order valence-electron chi connectivity index (χ0n) is 6.66. The third-order valence-electron chi connectivity index (χ3n) is 1.85. The normalized spacial score (nSPS) is 10.5. The Morgan fingerprint density at radius 1 is 1.31 bits per heavy atom. The maximum atomic E-state index is 9.25. The monoisotopic (exact) mass is 238 g/mol. The van der Waals surface area contributed by atoms with Gasteiger partial charge in [-0.1, -0.05) is 0 Å². The van der Waals surface area contributed by atoms with Crippen LogP contribution in [0.1, 0.15) is 0 Å². The molecule has 1 aromatic heterocycles. The maximum absolute atomic E-state index is 9.25. The van der Waals surface area contributed by atoms with Gasteiger partial charge in [0.05, 0.1) is 0 Å². The summed E-state index contributed by atoms with van der Waals surface area (Å²) in [7, 11) is 0. The number of anilines is 1. The van der Waals surface area contributed by atoms with E-state index in [1.54, 1.807) is 24.4 Å². The molecule has 66 valence electrons. The van der Waals surface area contributed by atoms with Crippen molar-refractivity contribution in [3.8, 4) is 5.75 Å². The van der Waals surface area contributed by atoms with Gasteiger partial charge in [-0.2, -0.15) is 0 Å². The number of nitrogens with zero attached hydrogens (tertiary/aromatic N) is 1. The standard InChI is InChI=1S/C9H7BrN2O/c10-8-4-12-9(11)7-3-5(13)1-2-6(7)8/h1-4,13H,(H2,11,12). The summed E-state index contributed by atoms with van der Waals surface area (Å²) in [6.07, 6.45) is 1.65. The van der Waals surface area contributed by atoms with Gasteiger partial charge in [0.2, 0.25) is 0 Å². The predicted molar refractivity (Wildman–Crippen MR) is 55.5 cm³/mol. The lowest BCUT2D eigenvalue weighted by Crippen LogP contribution is -1.91. The molecule has 2 rings (SSSR count). The second kappa shape index (κ2) is 2.88. The average Bonchev–Trinajstić information content (AvgIpc) is 2.12. The molecule has 0 bridgehead atoms. The lowest BCUT2D eigenvalue weighted by atomic mass is 10.1. The van der Waals surface area contributed by atoms with Crippen molar-refractivity contribution in [1.82, 2.24) is 4.98 Å². The van der Waals surface area contributed by atoms with Crippen molar-refractivity contribution in [2.75, 3.05) is 5.73 Å². The van der Waals surface area contributed by atoms with Crippen LogP contribution >= 0.6 is 15.9 Å². The number of hydrogen-bond donors (Lipinski definition) is 2. The van der Waals surface area contributed by atoms with E-state index in [0.29, 0.717) is 5.82 Å². The molecular formula is C9H7BrN2O. The van der Waals surface area contributed by atoms with E-state index in [-0.39, 0.29) is 5.75 Å². The van der Waals surface area contributed by atoms with Crippen molar-refractivity contribution >= 4 is 32.5 Å². The summed E-state index contributed by atoms with van der Waals surface area (Å²) in [5, 5.41) is 11.0. The molecule has 0 saturated heterocycles. The summed E-state index contributed by atoms with van der Waals surface area (Å²) in [4.78, 5) is 3.97. The molecule has 0 aliphatic rings.